The average molecular weight is 210 g/mol. The summed E-state index contributed by atoms with van der Waals surface area (Å²) >= 11 is 0. The first-order valence-corrected chi connectivity index (χ1v) is 5.15. The number of ether oxygens (including phenoxy) is 1. The fraction of sp³-hybridized carbons (Fsp3) is 0.700. The van der Waals surface area contributed by atoms with Crippen molar-refractivity contribution in [2.24, 2.45) is 0 Å². The Labute approximate surface area is 90.3 Å². The van der Waals surface area contributed by atoms with Gasteiger partial charge in [0.25, 0.3) is 0 Å². The number of aromatic nitrogens is 3. The predicted molar refractivity (Wildman–Crippen MR) is 58.9 cm³/mol. The summed E-state index contributed by atoms with van der Waals surface area (Å²) in [5, 5.41) is 11.1. The van der Waals surface area contributed by atoms with E-state index in [0.717, 1.165) is 18.0 Å². The summed E-state index contributed by atoms with van der Waals surface area (Å²) < 4.78 is 5.28. The van der Waals surface area contributed by atoms with Crippen molar-refractivity contribution in [2.45, 2.75) is 33.7 Å². The second-order valence-corrected chi connectivity index (χ2v) is 3.51. The molecular weight excluding hydrogens is 192 g/mol. The van der Waals surface area contributed by atoms with E-state index >= 15 is 0 Å². The van der Waals surface area contributed by atoms with Crippen LogP contribution < -0.4 is 5.32 Å². The van der Waals surface area contributed by atoms with Crippen LogP contribution in [0.15, 0.2) is 0 Å². The van der Waals surface area contributed by atoms with Crippen LogP contribution in [-0.4, -0.2) is 34.4 Å². The Morgan fingerprint density at radius 3 is 2.60 bits per heavy atom. The highest BCUT2D eigenvalue weighted by Gasteiger charge is 2.05. The SMILES string of the molecule is CCOCC(C)Nc1nnc(C)c(C)n1. The van der Waals surface area contributed by atoms with E-state index in [1.807, 2.05) is 27.7 Å². The molecule has 1 atom stereocenters. The van der Waals surface area contributed by atoms with Crippen molar-refractivity contribution in [3.05, 3.63) is 11.4 Å². The van der Waals surface area contributed by atoms with Crippen LogP contribution in [-0.2, 0) is 4.74 Å². The van der Waals surface area contributed by atoms with Crippen molar-refractivity contribution in [3.8, 4) is 0 Å². The van der Waals surface area contributed by atoms with Gasteiger partial charge < -0.3 is 10.1 Å². The van der Waals surface area contributed by atoms with Crippen LogP contribution in [0.5, 0.6) is 0 Å². The number of rotatable bonds is 5. The van der Waals surface area contributed by atoms with Gasteiger partial charge >= 0.3 is 0 Å². The van der Waals surface area contributed by atoms with Crippen LogP contribution in [0.3, 0.4) is 0 Å². The standard InChI is InChI=1S/C10H18N4O/c1-5-15-6-7(2)11-10-12-8(3)9(4)13-14-10/h7H,5-6H2,1-4H3,(H,11,12,14). The van der Waals surface area contributed by atoms with Gasteiger partial charge in [0.1, 0.15) is 0 Å². The molecule has 1 aromatic rings. The van der Waals surface area contributed by atoms with Gasteiger partial charge in [-0.3, -0.25) is 0 Å². The highest BCUT2D eigenvalue weighted by Crippen LogP contribution is 2.03. The Kier molecular flexibility index (Phi) is 4.42. The third-order valence-corrected chi connectivity index (χ3v) is 2.04. The fourth-order valence-electron chi connectivity index (χ4n) is 1.07. The van der Waals surface area contributed by atoms with Gasteiger partial charge in [-0.15, -0.1) is 5.10 Å². The first-order valence-electron chi connectivity index (χ1n) is 5.15. The largest absolute Gasteiger partial charge is 0.380 e. The zero-order valence-corrected chi connectivity index (χ0v) is 9.74. The number of hydrogen-bond donors (Lipinski definition) is 1. The molecule has 1 heterocycles. The molecule has 1 rings (SSSR count). The third kappa shape index (κ3) is 3.79. The van der Waals surface area contributed by atoms with Gasteiger partial charge in [-0.1, -0.05) is 0 Å². The van der Waals surface area contributed by atoms with Crippen molar-refractivity contribution in [1.29, 1.82) is 0 Å². The number of hydrogen-bond acceptors (Lipinski definition) is 5. The normalized spacial score (nSPS) is 12.5. The van der Waals surface area contributed by atoms with E-state index in [4.69, 9.17) is 4.74 Å². The number of nitrogens with zero attached hydrogens (tertiary/aromatic N) is 3. The Morgan fingerprint density at radius 2 is 2.00 bits per heavy atom. The molecule has 0 saturated heterocycles. The summed E-state index contributed by atoms with van der Waals surface area (Å²) in [6, 6.07) is 0.189. The van der Waals surface area contributed by atoms with Crippen molar-refractivity contribution in [2.75, 3.05) is 18.5 Å². The number of anilines is 1. The van der Waals surface area contributed by atoms with Gasteiger partial charge in [-0.25, -0.2) is 4.98 Å². The molecule has 0 amide bonds. The van der Waals surface area contributed by atoms with Gasteiger partial charge in [0.05, 0.1) is 18.0 Å². The molecule has 0 aliphatic rings. The molecule has 5 heteroatoms. The van der Waals surface area contributed by atoms with Crippen LogP contribution in [0.2, 0.25) is 0 Å². The third-order valence-electron chi connectivity index (χ3n) is 2.04. The maximum absolute atomic E-state index is 5.28. The van der Waals surface area contributed by atoms with Crippen molar-refractivity contribution in [3.63, 3.8) is 0 Å². The van der Waals surface area contributed by atoms with Gasteiger partial charge in [0, 0.05) is 12.6 Å². The minimum atomic E-state index is 0.189. The molecule has 1 aromatic heterocycles. The molecule has 0 aliphatic carbocycles. The van der Waals surface area contributed by atoms with Gasteiger partial charge in [0.2, 0.25) is 5.95 Å². The van der Waals surface area contributed by atoms with Crippen LogP contribution >= 0.6 is 0 Å². The monoisotopic (exact) mass is 210 g/mol. The molecule has 84 valence electrons. The van der Waals surface area contributed by atoms with Crippen molar-refractivity contribution < 1.29 is 4.74 Å². The Bertz CT molecular complexity index is 316. The molecule has 0 aliphatic heterocycles. The van der Waals surface area contributed by atoms with Gasteiger partial charge in [-0.2, -0.15) is 5.10 Å². The molecule has 1 unspecified atom stereocenters. The summed E-state index contributed by atoms with van der Waals surface area (Å²) in [6.45, 7) is 9.17. The summed E-state index contributed by atoms with van der Waals surface area (Å²) in [6.07, 6.45) is 0. The lowest BCUT2D eigenvalue weighted by Gasteiger charge is -2.13. The Balaban J connectivity index is 2.53. The Morgan fingerprint density at radius 1 is 1.27 bits per heavy atom. The average Bonchev–Trinajstić information content (AvgIpc) is 2.20. The lowest BCUT2D eigenvalue weighted by molar-refractivity contribution is 0.141. The summed E-state index contributed by atoms with van der Waals surface area (Å²) in [4.78, 5) is 4.28. The van der Waals surface area contributed by atoms with Crippen LogP contribution in [0.25, 0.3) is 0 Å². The Hall–Kier alpha value is -1.23. The molecule has 5 nitrogen and oxygen atoms in total. The topological polar surface area (TPSA) is 59.9 Å². The fourth-order valence-corrected chi connectivity index (χ4v) is 1.07. The predicted octanol–water partition coefficient (Wildman–Crippen LogP) is 1.33. The first kappa shape index (κ1) is 11.8. The molecule has 0 spiro atoms. The second kappa shape index (κ2) is 5.60. The molecule has 0 bridgehead atoms. The number of aryl methyl sites for hydroxylation is 2. The second-order valence-electron chi connectivity index (χ2n) is 3.51. The first-order chi connectivity index (χ1) is 7.13. The summed E-state index contributed by atoms with van der Waals surface area (Å²) in [5.41, 5.74) is 1.76. The van der Waals surface area contributed by atoms with Crippen molar-refractivity contribution >= 4 is 5.95 Å². The van der Waals surface area contributed by atoms with Crippen LogP contribution in [0, 0.1) is 13.8 Å². The molecule has 1 N–H and O–H groups in total. The van der Waals surface area contributed by atoms with E-state index in [1.54, 1.807) is 0 Å². The zero-order valence-electron chi connectivity index (χ0n) is 9.74. The van der Waals surface area contributed by atoms with Gasteiger partial charge in [-0.05, 0) is 27.7 Å². The molecule has 0 saturated carbocycles. The number of nitrogens with one attached hydrogen (secondary N) is 1. The minimum Gasteiger partial charge on any atom is -0.380 e. The van der Waals surface area contributed by atoms with E-state index in [1.165, 1.54) is 0 Å². The highest BCUT2D eigenvalue weighted by atomic mass is 16.5. The molecule has 0 aromatic carbocycles. The smallest absolute Gasteiger partial charge is 0.243 e. The quantitative estimate of drug-likeness (QED) is 0.794. The lowest BCUT2D eigenvalue weighted by Crippen LogP contribution is -2.23. The van der Waals surface area contributed by atoms with Crippen LogP contribution in [0.4, 0.5) is 5.95 Å². The molecular formula is C10H18N4O. The van der Waals surface area contributed by atoms with Crippen molar-refractivity contribution in [1.82, 2.24) is 15.2 Å². The van der Waals surface area contributed by atoms with Crippen LogP contribution in [0.1, 0.15) is 25.2 Å². The van der Waals surface area contributed by atoms with E-state index < -0.39 is 0 Å². The highest BCUT2D eigenvalue weighted by molar-refractivity contribution is 5.25. The van der Waals surface area contributed by atoms with E-state index in [0.29, 0.717) is 12.6 Å². The van der Waals surface area contributed by atoms with E-state index in [-0.39, 0.29) is 6.04 Å². The van der Waals surface area contributed by atoms with E-state index in [9.17, 15) is 0 Å². The maximum Gasteiger partial charge on any atom is 0.243 e. The minimum absolute atomic E-state index is 0.189. The molecule has 0 radical (unpaired) electrons. The lowest BCUT2D eigenvalue weighted by atomic mass is 10.3. The summed E-state index contributed by atoms with van der Waals surface area (Å²) in [5.74, 6) is 0.560. The maximum atomic E-state index is 5.28. The summed E-state index contributed by atoms with van der Waals surface area (Å²) in [7, 11) is 0. The zero-order chi connectivity index (χ0) is 11.3. The van der Waals surface area contributed by atoms with E-state index in [2.05, 4.69) is 20.5 Å². The molecule has 0 fully saturated rings. The molecule has 15 heavy (non-hydrogen) atoms. The van der Waals surface area contributed by atoms with Gasteiger partial charge in [0.15, 0.2) is 0 Å².